The van der Waals surface area contributed by atoms with Crippen LogP contribution in [0.25, 0.3) is 0 Å². The van der Waals surface area contributed by atoms with Gasteiger partial charge >= 0.3 is 0 Å². The van der Waals surface area contributed by atoms with Gasteiger partial charge in [0.1, 0.15) is 0 Å². The standard InChI is InChI=1S/C16H34N2/c1-5-9-14(2)17-12-15(3)18(4)13-16-10-7-6-8-11-16/h14-17H,5-13H2,1-4H3. The molecule has 2 atom stereocenters. The molecule has 0 aromatic rings. The minimum atomic E-state index is 0.659. The molecule has 0 aliphatic heterocycles. The zero-order valence-electron chi connectivity index (χ0n) is 13.0. The molecule has 1 N–H and O–H groups in total. The Balaban J connectivity index is 2.17. The van der Waals surface area contributed by atoms with Gasteiger partial charge < -0.3 is 10.2 Å². The molecule has 18 heavy (non-hydrogen) atoms. The average Bonchev–Trinajstić information content (AvgIpc) is 2.37. The van der Waals surface area contributed by atoms with Gasteiger partial charge in [0.15, 0.2) is 0 Å². The van der Waals surface area contributed by atoms with Crippen molar-refractivity contribution >= 4 is 0 Å². The number of nitrogens with one attached hydrogen (secondary N) is 1. The van der Waals surface area contributed by atoms with E-state index in [9.17, 15) is 0 Å². The maximum atomic E-state index is 3.66. The average molecular weight is 254 g/mol. The summed E-state index contributed by atoms with van der Waals surface area (Å²) in [5, 5.41) is 3.66. The SMILES string of the molecule is CCCC(C)NCC(C)N(C)CC1CCCCC1. The third-order valence-electron chi connectivity index (χ3n) is 4.51. The van der Waals surface area contributed by atoms with Crippen LogP contribution >= 0.6 is 0 Å². The van der Waals surface area contributed by atoms with E-state index >= 15 is 0 Å². The highest BCUT2D eigenvalue weighted by molar-refractivity contribution is 4.74. The van der Waals surface area contributed by atoms with Gasteiger partial charge in [-0.05, 0) is 46.1 Å². The highest BCUT2D eigenvalue weighted by Crippen LogP contribution is 2.24. The Kier molecular flexibility index (Phi) is 7.92. The lowest BCUT2D eigenvalue weighted by molar-refractivity contribution is 0.185. The summed E-state index contributed by atoms with van der Waals surface area (Å²) in [7, 11) is 2.30. The van der Waals surface area contributed by atoms with Gasteiger partial charge in [0.25, 0.3) is 0 Å². The first-order valence-electron chi connectivity index (χ1n) is 8.07. The van der Waals surface area contributed by atoms with E-state index in [1.54, 1.807) is 0 Å². The van der Waals surface area contributed by atoms with Crippen LogP contribution in [0.15, 0.2) is 0 Å². The Hall–Kier alpha value is -0.0800. The van der Waals surface area contributed by atoms with Gasteiger partial charge in [0, 0.05) is 25.2 Å². The van der Waals surface area contributed by atoms with Crippen LogP contribution in [0.2, 0.25) is 0 Å². The Morgan fingerprint density at radius 3 is 2.44 bits per heavy atom. The number of hydrogen-bond acceptors (Lipinski definition) is 2. The van der Waals surface area contributed by atoms with Crippen LogP contribution in [0.3, 0.4) is 0 Å². The van der Waals surface area contributed by atoms with Crippen molar-refractivity contribution in [3.05, 3.63) is 0 Å². The van der Waals surface area contributed by atoms with Crippen LogP contribution in [0.1, 0.15) is 65.7 Å². The molecule has 1 rings (SSSR count). The molecule has 0 aromatic carbocycles. The summed E-state index contributed by atoms with van der Waals surface area (Å²) in [5.41, 5.74) is 0. The fraction of sp³-hybridized carbons (Fsp3) is 1.00. The van der Waals surface area contributed by atoms with Gasteiger partial charge in [-0.25, -0.2) is 0 Å². The van der Waals surface area contributed by atoms with Crippen molar-refractivity contribution in [2.24, 2.45) is 5.92 Å². The van der Waals surface area contributed by atoms with Gasteiger partial charge in [0.05, 0.1) is 0 Å². The Morgan fingerprint density at radius 1 is 1.17 bits per heavy atom. The van der Waals surface area contributed by atoms with E-state index in [1.165, 1.54) is 51.5 Å². The molecule has 1 saturated carbocycles. The quantitative estimate of drug-likeness (QED) is 0.711. The predicted octanol–water partition coefficient (Wildman–Crippen LogP) is 3.67. The van der Waals surface area contributed by atoms with Crippen LogP contribution in [-0.2, 0) is 0 Å². The molecule has 0 saturated heterocycles. The monoisotopic (exact) mass is 254 g/mol. The van der Waals surface area contributed by atoms with Crippen LogP contribution in [0.5, 0.6) is 0 Å². The molecule has 2 unspecified atom stereocenters. The highest BCUT2D eigenvalue weighted by Gasteiger charge is 2.18. The van der Waals surface area contributed by atoms with E-state index in [-0.39, 0.29) is 0 Å². The highest BCUT2D eigenvalue weighted by atomic mass is 15.1. The summed E-state index contributed by atoms with van der Waals surface area (Å²) >= 11 is 0. The molecule has 108 valence electrons. The largest absolute Gasteiger partial charge is 0.313 e. The van der Waals surface area contributed by atoms with Gasteiger partial charge in [-0.15, -0.1) is 0 Å². The van der Waals surface area contributed by atoms with Crippen LogP contribution in [0, 0.1) is 5.92 Å². The van der Waals surface area contributed by atoms with Crippen molar-refractivity contribution < 1.29 is 0 Å². The van der Waals surface area contributed by atoms with Crippen LogP contribution < -0.4 is 5.32 Å². The van der Waals surface area contributed by atoms with E-state index in [4.69, 9.17) is 0 Å². The molecule has 2 nitrogen and oxygen atoms in total. The summed E-state index contributed by atoms with van der Waals surface area (Å²) in [5.74, 6) is 0.958. The minimum Gasteiger partial charge on any atom is -0.313 e. The fourth-order valence-electron chi connectivity index (χ4n) is 3.02. The molecular formula is C16H34N2. The Morgan fingerprint density at radius 2 is 1.83 bits per heavy atom. The maximum Gasteiger partial charge on any atom is 0.0189 e. The molecule has 0 radical (unpaired) electrons. The molecule has 0 amide bonds. The topological polar surface area (TPSA) is 15.3 Å². The summed E-state index contributed by atoms with van der Waals surface area (Å²) < 4.78 is 0. The fourth-order valence-corrected chi connectivity index (χ4v) is 3.02. The molecule has 1 aliphatic rings. The second kappa shape index (κ2) is 8.92. The van der Waals surface area contributed by atoms with Crippen LogP contribution in [0.4, 0.5) is 0 Å². The first-order chi connectivity index (χ1) is 8.63. The first-order valence-corrected chi connectivity index (χ1v) is 8.07. The van der Waals surface area contributed by atoms with E-state index in [0.717, 1.165) is 12.5 Å². The summed E-state index contributed by atoms with van der Waals surface area (Å²) in [4.78, 5) is 2.56. The second-order valence-corrected chi connectivity index (χ2v) is 6.39. The molecular weight excluding hydrogens is 220 g/mol. The molecule has 1 fully saturated rings. The Labute approximate surface area is 115 Å². The van der Waals surface area contributed by atoms with E-state index < -0.39 is 0 Å². The molecule has 1 aliphatic carbocycles. The summed E-state index contributed by atoms with van der Waals surface area (Å²) in [6.45, 7) is 9.35. The van der Waals surface area contributed by atoms with Crippen LogP contribution in [-0.4, -0.2) is 37.1 Å². The number of nitrogens with zero attached hydrogens (tertiary/aromatic N) is 1. The minimum absolute atomic E-state index is 0.659. The lowest BCUT2D eigenvalue weighted by Gasteiger charge is -2.31. The number of rotatable bonds is 8. The summed E-state index contributed by atoms with van der Waals surface area (Å²) in [6, 6.07) is 1.33. The van der Waals surface area contributed by atoms with E-state index in [2.05, 4.69) is 38.0 Å². The van der Waals surface area contributed by atoms with E-state index in [1.807, 2.05) is 0 Å². The van der Waals surface area contributed by atoms with Gasteiger partial charge in [0.2, 0.25) is 0 Å². The second-order valence-electron chi connectivity index (χ2n) is 6.39. The third kappa shape index (κ3) is 6.19. The van der Waals surface area contributed by atoms with Crippen molar-refractivity contribution in [2.45, 2.75) is 77.8 Å². The third-order valence-corrected chi connectivity index (χ3v) is 4.51. The number of hydrogen-bond donors (Lipinski definition) is 1. The van der Waals surface area contributed by atoms with E-state index in [0.29, 0.717) is 12.1 Å². The van der Waals surface area contributed by atoms with Gasteiger partial charge in [-0.3, -0.25) is 0 Å². The van der Waals surface area contributed by atoms with Gasteiger partial charge in [-0.1, -0.05) is 32.6 Å². The van der Waals surface area contributed by atoms with Crippen molar-refractivity contribution in [3.63, 3.8) is 0 Å². The van der Waals surface area contributed by atoms with Gasteiger partial charge in [-0.2, -0.15) is 0 Å². The molecule has 0 aromatic heterocycles. The summed E-state index contributed by atoms with van der Waals surface area (Å²) in [6.07, 6.45) is 9.86. The lowest BCUT2D eigenvalue weighted by Crippen LogP contribution is -2.42. The first kappa shape index (κ1) is 16.0. The molecule has 2 heteroatoms. The zero-order valence-corrected chi connectivity index (χ0v) is 13.0. The Bertz CT molecular complexity index is 199. The van der Waals surface area contributed by atoms with Crippen molar-refractivity contribution in [2.75, 3.05) is 20.1 Å². The molecule has 0 bridgehead atoms. The van der Waals surface area contributed by atoms with Crippen molar-refractivity contribution in [1.82, 2.24) is 10.2 Å². The maximum absolute atomic E-state index is 3.66. The predicted molar refractivity (Wildman–Crippen MR) is 81.0 cm³/mol. The van der Waals surface area contributed by atoms with Crippen molar-refractivity contribution in [3.8, 4) is 0 Å². The molecule has 0 heterocycles. The smallest absolute Gasteiger partial charge is 0.0189 e. The molecule has 0 spiro atoms. The van der Waals surface area contributed by atoms with Crippen molar-refractivity contribution in [1.29, 1.82) is 0 Å². The number of likely N-dealkylation sites (N-methyl/N-ethyl adjacent to an activating group) is 1. The lowest BCUT2D eigenvalue weighted by atomic mass is 9.89. The zero-order chi connectivity index (χ0) is 13.4. The normalized spacial score (nSPS) is 21.2.